The molecule has 0 saturated heterocycles. The molecule has 0 amide bonds. The van der Waals surface area contributed by atoms with Gasteiger partial charge in [-0.25, -0.2) is 0 Å². The third kappa shape index (κ3) is 2.20. The van der Waals surface area contributed by atoms with E-state index in [2.05, 4.69) is 12.1 Å². The molecule has 0 radical (unpaired) electrons. The highest BCUT2D eigenvalue weighted by atomic mass is 35.5. The molecule has 0 aliphatic heterocycles. The SMILES string of the molecule is N[C@H]1CCC[C@@H]1[C@H](O)C1(c2ccc(Cl)cc2)CCC1. The third-order valence-corrected chi connectivity index (χ3v) is 5.51. The standard InChI is InChI=1S/C16H22ClNO/c17-12-7-5-11(6-8-12)16(9-2-10-16)15(19)13-3-1-4-14(13)18/h5-8,13-15,19H,1-4,9-10,18H2/t13-,14-,15-/m0/s1. The molecule has 2 fully saturated rings. The number of halogens is 1. The van der Waals surface area contributed by atoms with E-state index < -0.39 is 0 Å². The van der Waals surface area contributed by atoms with Crippen LogP contribution >= 0.6 is 11.6 Å². The lowest BCUT2D eigenvalue weighted by atomic mass is 9.58. The van der Waals surface area contributed by atoms with Crippen molar-refractivity contribution in [1.29, 1.82) is 0 Å². The Morgan fingerprint density at radius 1 is 1.16 bits per heavy atom. The summed E-state index contributed by atoms with van der Waals surface area (Å²) in [6, 6.07) is 8.17. The zero-order chi connectivity index (χ0) is 13.5. The van der Waals surface area contributed by atoms with Crippen molar-refractivity contribution in [2.45, 2.75) is 56.1 Å². The average molecular weight is 280 g/mol. The van der Waals surface area contributed by atoms with Crippen LogP contribution in [0.15, 0.2) is 24.3 Å². The van der Waals surface area contributed by atoms with Crippen LogP contribution in [0.3, 0.4) is 0 Å². The van der Waals surface area contributed by atoms with Crippen LogP contribution in [-0.2, 0) is 5.41 Å². The maximum Gasteiger partial charge on any atom is 0.0679 e. The zero-order valence-electron chi connectivity index (χ0n) is 11.2. The van der Waals surface area contributed by atoms with Gasteiger partial charge in [0.1, 0.15) is 0 Å². The van der Waals surface area contributed by atoms with Gasteiger partial charge in [-0.2, -0.15) is 0 Å². The molecule has 19 heavy (non-hydrogen) atoms. The maximum atomic E-state index is 10.9. The number of aliphatic hydroxyl groups is 1. The van der Waals surface area contributed by atoms with Crippen LogP contribution in [0.5, 0.6) is 0 Å². The van der Waals surface area contributed by atoms with Crippen LogP contribution in [0.2, 0.25) is 5.02 Å². The van der Waals surface area contributed by atoms with E-state index in [0.29, 0.717) is 0 Å². The summed E-state index contributed by atoms with van der Waals surface area (Å²) in [7, 11) is 0. The Balaban J connectivity index is 1.88. The monoisotopic (exact) mass is 279 g/mol. The first kappa shape index (κ1) is 13.4. The average Bonchev–Trinajstić information content (AvgIpc) is 2.76. The summed E-state index contributed by atoms with van der Waals surface area (Å²) in [5.74, 6) is 0.260. The van der Waals surface area contributed by atoms with Crippen LogP contribution in [0, 0.1) is 5.92 Å². The van der Waals surface area contributed by atoms with Gasteiger partial charge in [0.25, 0.3) is 0 Å². The topological polar surface area (TPSA) is 46.2 Å². The van der Waals surface area contributed by atoms with Crippen LogP contribution in [0.25, 0.3) is 0 Å². The first-order valence-corrected chi connectivity index (χ1v) is 7.71. The van der Waals surface area contributed by atoms with E-state index >= 15 is 0 Å². The molecule has 3 rings (SSSR count). The maximum absolute atomic E-state index is 10.9. The Morgan fingerprint density at radius 3 is 2.32 bits per heavy atom. The van der Waals surface area contributed by atoms with E-state index in [0.717, 1.165) is 37.1 Å². The van der Waals surface area contributed by atoms with Gasteiger partial charge in [0.2, 0.25) is 0 Å². The Labute approximate surface area is 120 Å². The van der Waals surface area contributed by atoms with Gasteiger partial charge in [-0.15, -0.1) is 0 Å². The van der Waals surface area contributed by atoms with Crippen LogP contribution in [0.1, 0.15) is 44.1 Å². The molecule has 2 aliphatic carbocycles. The normalized spacial score (nSPS) is 30.9. The second kappa shape index (κ2) is 5.08. The van der Waals surface area contributed by atoms with E-state index in [1.54, 1.807) is 0 Å². The highest BCUT2D eigenvalue weighted by molar-refractivity contribution is 6.30. The lowest BCUT2D eigenvalue weighted by Crippen LogP contribution is -2.51. The Morgan fingerprint density at radius 2 is 1.84 bits per heavy atom. The van der Waals surface area contributed by atoms with Gasteiger partial charge in [0.15, 0.2) is 0 Å². The van der Waals surface area contributed by atoms with Gasteiger partial charge < -0.3 is 10.8 Å². The number of aliphatic hydroxyl groups excluding tert-OH is 1. The second-order valence-corrected chi connectivity index (χ2v) is 6.66. The smallest absolute Gasteiger partial charge is 0.0679 e. The van der Waals surface area contributed by atoms with Gasteiger partial charge >= 0.3 is 0 Å². The summed E-state index contributed by atoms with van der Waals surface area (Å²) < 4.78 is 0. The molecule has 0 aromatic heterocycles. The van der Waals surface area contributed by atoms with Gasteiger partial charge in [-0.05, 0) is 43.4 Å². The van der Waals surface area contributed by atoms with E-state index in [1.807, 2.05) is 12.1 Å². The van der Waals surface area contributed by atoms with E-state index in [4.69, 9.17) is 17.3 Å². The molecule has 0 spiro atoms. The predicted octanol–water partition coefficient (Wildman–Crippen LogP) is 3.25. The number of hydrogen-bond acceptors (Lipinski definition) is 2. The summed E-state index contributed by atoms with van der Waals surface area (Å²) >= 11 is 5.97. The van der Waals surface area contributed by atoms with Gasteiger partial charge in [-0.1, -0.05) is 36.6 Å². The number of nitrogens with two attached hydrogens (primary N) is 1. The second-order valence-electron chi connectivity index (χ2n) is 6.22. The number of rotatable bonds is 3. The van der Waals surface area contributed by atoms with Gasteiger partial charge in [0, 0.05) is 22.4 Å². The van der Waals surface area contributed by atoms with Gasteiger partial charge in [0.05, 0.1) is 6.10 Å². The fourth-order valence-corrected chi connectivity index (χ4v) is 4.04. The number of benzene rings is 1. The fraction of sp³-hybridized carbons (Fsp3) is 0.625. The summed E-state index contributed by atoms with van der Waals surface area (Å²) in [4.78, 5) is 0. The fourth-order valence-electron chi connectivity index (χ4n) is 3.91. The van der Waals surface area contributed by atoms with Crippen LogP contribution in [0.4, 0.5) is 0 Å². The minimum atomic E-state index is -0.306. The molecule has 3 N–H and O–H groups in total. The molecule has 0 bridgehead atoms. The van der Waals surface area contributed by atoms with Crippen molar-refractivity contribution in [3.05, 3.63) is 34.9 Å². The third-order valence-electron chi connectivity index (χ3n) is 5.26. The van der Waals surface area contributed by atoms with Crippen molar-refractivity contribution in [1.82, 2.24) is 0 Å². The molecular weight excluding hydrogens is 258 g/mol. The largest absolute Gasteiger partial charge is 0.392 e. The van der Waals surface area contributed by atoms with E-state index in [-0.39, 0.29) is 23.5 Å². The highest BCUT2D eigenvalue weighted by Gasteiger charge is 2.49. The predicted molar refractivity (Wildman–Crippen MR) is 78.3 cm³/mol. The Bertz CT molecular complexity index is 441. The molecule has 2 saturated carbocycles. The van der Waals surface area contributed by atoms with Gasteiger partial charge in [-0.3, -0.25) is 0 Å². The van der Waals surface area contributed by atoms with Crippen molar-refractivity contribution >= 4 is 11.6 Å². The summed E-state index contributed by atoms with van der Waals surface area (Å²) in [5.41, 5.74) is 7.34. The first-order valence-electron chi connectivity index (χ1n) is 7.33. The quantitative estimate of drug-likeness (QED) is 0.892. The summed E-state index contributed by atoms with van der Waals surface area (Å²) in [5, 5.41) is 11.7. The summed E-state index contributed by atoms with van der Waals surface area (Å²) in [6.45, 7) is 0. The molecule has 0 heterocycles. The molecule has 2 nitrogen and oxygen atoms in total. The van der Waals surface area contributed by atoms with E-state index in [9.17, 15) is 5.11 Å². The Kier molecular flexibility index (Phi) is 3.59. The molecular formula is C16H22ClNO. The van der Waals surface area contributed by atoms with Crippen molar-refractivity contribution < 1.29 is 5.11 Å². The minimum absolute atomic E-state index is 0.0722. The molecule has 1 aromatic rings. The first-order chi connectivity index (χ1) is 9.13. The summed E-state index contributed by atoms with van der Waals surface area (Å²) in [6.07, 6.45) is 6.30. The van der Waals surface area contributed by atoms with Crippen LogP contribution in [-0.4, -0.2) is 17.3 Å². The highest BCUT2D eigenvalue weighted by Crippen LogP contribution is 2.50. The Hall–Kier alpha value is -0.570. The molecule has 104 valence electrons. The molecule has 3 heteroatoms. The lowest BCUT2D eigenvalue weighted by Gasteiger charge is -2.49. The molecule has 2 aliphatic rings. The minimum Gasteiger partial charge on any atom is -0.392 e. The number of hydrogen-bond donors (Lipinski definition) is 2. The van der Waals surface area contributed by atoms with Crippen LogP contribution < -0.4 is 5.73 Å². The van der Waals surface area contributed by atoms with Crippen molar-refractivity contribution in [3.8, 4) is 0 Å². The lowest BCUT2D eigenvalue weighted by molar-refractivity contribution is -0.0166. The molecule has 0 unspecified atom stereocenters. The zero-order valence-corrected chi connectivity index (χ0v) is 11.9. The van der Waals surface area contributed by atoms with Crippen molar-refractivity contribution in [2.75, 3.05) is 0 Å². The molecule has 3 atom stereocenters. The van der Waals surface area contributed by atoms with Crippen molar-refractivity contribution in [3.63, 3.8) is 0 Å². The van der Waals surface area contributed by atoms with E-state index in [1.165, 1.54) is 12.0 Å². The molecule has 1 aromatic carbocycles. The van der Waals surface area contributed by atoms with Crippen molar-refractivity contribution in [2.24, 2.45) is 11.7 Å².